The van der Waals surface area contributed by atoms with Gasteiger partial charge in [0.15, 0.2) is 0 Å². The van der Waals surface area contributed by atoms with Crippen LogP contribution in [-0.2, 0) is 6.54 Å². The maximum Gasteiger partial charge on any atom is 0.0471 e. The highest BCUT2D eigenvalue weighted by Crippen LogP contribution is 2.24. The molecule has 20 heavy (non-hydrogen) atoms. The number of nitrogens with zero attached hydrogens (tertiary/aromatic N) is 2. The number of hydrogen-bond donors (Lipinski definition) is 1. The van der Waals surface area contributed by atoms with Gasteiger partial charge < -0.3 is 10.2 Å². The first kappa shape index (κ1) is 15.6. The number of nitrogens with one attached hydrogen (secondary N) is 1. The quantitative estimate of drug-likeness (QED) is 0.870. The maximum atomic E-state index is 6.39. The SMILES string of the molecule is CCCN1CCN(c2ccc(CNCC)c(Cl)c2)CC1. The molecule has 0 aromatic heterocycles. The third kappa shape index (κ3) is 4.11. The van der Waals surface area contributed by atoms with Gasteiger partial charge in [-0.1, -0.05) is 31.5 Å². The lowest BCUT2D eigenvalue weighted by atomic mass is 10.1. The van der Waals surface area contributed by atoms with Gasteiger partial charge in [-0.05, 0) is 37.2 Å². The van der Waals surface area contributed by atoms with Gasteiger partial charge in [0, 0.05) is 43.4 Å². The topological polar surface area (TPSA) is 18.5 Å². The van der Waals surface area contributed by atoms with Gasteiger partial charge in [-0.15, -0.1) is 0 Å². The third-order valence-electron chi connectivity index (χ3n) is 3.88. The molecule has 1 fully saturated rings. The molecule has 0 spiro atoms. The van der Waals surface area contributed by atoms with Gasteiger partial charge in [-0.3, -0.25) is 4.90 Å². The Kier molecular flexibility index (Phi) is 6.14. The van der Waals surface area contributed by atoms with E-state index in [1.54, 1.807) is 0 Å². The lowest BCUT2D eigenvalue weighted by Gasteiger charge is -2.36. The number of piperazine rings is 1. The van der Waals surface area contributed by atoms with Crippen LogP contribution < -0.4 is 10.2 Å². The second-order valence-electron chi connectivity index (χ2n) is 5.38. The van der Waals surface area contributed by atoms with Crippen LogP contribution in [0.25, 0.3) is 0 Å². The second kappa shape index (κ2) is 7.87. The van der Waals surface area contributed by atoms with Gasteiger partial charge in [-0.25, -0.2) is 0 Å². The summed E-state index contributed by atoms with van der Waals surface area (Å²) in [6.07, 6.45) is 1.24. The molecule has 1 aliphatic heterocycles. The largest absolute Gasteiger partial charge is 0.369 e. The minimum atomic E-state index is 0.847. The molecule has 4 heteroatoms. The summed E-state index contributed by atoms with van der Waals surface area (Å²) < 4.78 is 0. The van der Waals surface area contributed by atoms with Gasteiger partial charge in [-0.2, -0.15) is 0 Å². The molecule has 1 heterocycles. The van der Waals surface area contributed by atoms with Crippen molar-refractivity contribution in [2.45, 2.75) is 26.8 Å². The van der Waals surface area contributed by atoms with Crippen molar-refractivity contribution in [3.8, 4) is 0 Å². The number of benzene rings is 1. The molecule has 0 atom stereocenters. The van der Waals surface area contributed by atoms with E-state index in [1.165, 1.54) is 24.2 Å². The van der Waals surface area contributed by atoms with Crippen LogP contribution in [0.2, 0.25) is 5.02 Å². The highest BCUT2D eigenvalue weighted by molar-refractivity contribution is 6.31. The predicted octanol–water partition coefficient (Wildman–Crippen LogP) is 2.98. The zero-order chi connectivity index (χ0) is 14.4. The first-order valence-electron chi connectivity index (χ1n) is 7.71. The lowest BCUT2D eigenvalue weighted by Crippen LogP contribution is -2.46. The number of rotatable bonds is 6. The van der Waals surface area contributed by atoms with Gasteiger partial charge in [0.1, 0.15) is 0 Å². The van der Waals surface area contributed by atoms with Crippen molar-refractivity contribution in [2.75, 3.05) is 44.2 Å². The van der Waals surface area contributed by atoms with Crippen molar-refractivity contribution in [3.63, 3.8) is 0 Å². The highest BCUT2D eigenvalue weighted by atomic mass is 35.5. The van der Waals surface area contributed by atoms with E-state index < -0.39 is 0 Å². The van der Waals surface area contributed by atoms with Crippen LogP contribution in [0.1, 0.15) is 25.8 Å². The van der Waals surface area contributed by atoms with Gasteiger partial charge in [0.25, 0.3) is 0 Å². The van der Waals surface area contributed by atoms with E-state index in [0.717, 1.165) is 44.3 Å². The molecule has 3 nitrogen and oxygen atoms in total. The Morgan fingerprint density at radius 3 is 2.50 bits per heavy atom. The smallest absolute Gasteiger partial charge is 0.0471 e. The minimum absolute atomic E-state index is 0.847. The van der Waals surface area contributed by atoms with Crippen molar-refractivity contribution < 1.29 is 0 Å². The molecule has 1 aromatic rings. The zero-order valence-corrected chi connectivity index (χ0v) is 13.4. The molecule has 0 aliphatic carbocycles. The number of halogens is 1. The normalized spacial score (nSPS) is 16.6. The highest BCUT2D eigenvalue weighted by Gasteiger charge is 2.17. The van der Waals surface area contributed by atoms with Crippen molar-refractivity contribution in [1.29, 1.82) is 0 Å². The van der Waals surface area contributed by atoms with E-state index >= 15 is 0 Å². The fraction of sp³-hybridized carbons (Fsp3) is 0.625. The predicted molar refractivity (Wildman–Crippen MR) is 87.8 cm³/mol. The Bertz CT molecular complexity index is 414. The summed E-state index contributed by atoms with van der Waals surface area (Å²) in [5.41, 5.74) is 2.44. The Balaban J connectivity index is 1.95. The van der Waals surface area contributed by atoms with Crippen molar-refractivity contribution in [3.05, 3.63) is 28.8 Å². The van der Waals surface area contributed by atoms with Gasteiger partial charge in [0.2, 0.25) is 0 Å². The molecule has 0 bridgehead atoms. The number of anilines is 1. The molecule has 0 radical (unpaired) electrons. The summed E-state index contributed by atoms with van der Waals surface area (Å²) in [5.74, 6) is 0. The summed E-state index contributed by atoms with van der Waals surface area (Å²) >= 11 is 6.39. The molecule has 0 unspecified atom stereocenters. The fourth-order valence-electron chi connectivity index (χ4n) is 2.68. The molecular weight excluding hydrogens is 270 g/mol. The van der Waals surface area contributed by atoms with Crippen LogP contribution in [-0.4, -0.2) is 44.2 Å². The first-order valence-corrected chi connectivity index (χ1v) is 8.08. The fourth-order valence-corrected chi connectivity index (χ4v) is 2.92. The Morgan fingerprint density at radius 2 is 1.90 bits per heavy atom. The molecule has 1 N–H and O–H groups in total. The Hall–Kier alpha value is -0.770. The van der Waals surface area contributed by atoms with Gasteiger partial charge >= 0.3 is 0 Å². The lowest BCUT2D eigenvalue weighted by molar-refractivity contribution is 0.258. The van der Waals surface area contributed by atoms with Gasteiger partial charge in [0.05, 0.1) is 0 Å². The summed E-state index contributed by atoms with van der Waals surface area (Å²) in [6, 6.07) is 6.47. The number of hydrogen-bond acceptors (Lipinski definition) is 3. The average molecular weight is 296 g/mol. The van der Waals surface area contributed by atoms with Crippen molar-refractivity contribution in [2.24, 2.45) is 0 Å². The molecule has 1 saturated heterocycles. The monoisotopic (exact) mass is 295 g/mol. The summed E-state index contributed by atoms with van der Waals surface area (Å²) in [4.78, 5) is 4.98. The van der Waals surface area contributed by atoms with Crippen LogP contribution in [0, 0.1) is 0 Å². The van der Waals surface area contributed by atoms with E-state index in [4.69, 9.17) is 11.6 Å². The average Bonchev–Trinajstić information content (AvgIpc) is 2.47. The Labute approximate surface area is 127 Å². The summed E-state index contributed by atoms with van der Waals surface area (Å²) in [5, 5.41) is 4.19. The molecule has 112 valence electrons. The second-order valence-corrected chi connectivity index (χ2v) is 5.79. The summed E-state index contributed by atoms with van der Waals surface area (Å²) in [7, 11) is 0. The maximum absolute atomic E-state index is 6.39. The van der Waals surface area contributed by atoms with Crippen LogP contribution in [0.15, 0.2) is 18.2 Å². The zero-order valence-electron chi connectivity index (χ0n) is 12.7. The van der Waals surface area contributed by atoms with Crippen LogP contribution >= 0.6 is 11.6 Å². The van der Waals surface area contributed by atoms with E-state index in [1.807, 2.05) is 0 Å². The standard InChI is InChI=1S/C16H26ClN3/c1-3-7-19-8-10-20(11-9-19)15-6-5-14(13-18-4-2)16(17)12-15/h5-6,12,18H,3-4,7-11,13H2,1-2H3. The van der Waals surface area contributed by atoms with E-state index in [9.17, 15) is 0 Å². The van der Waals surface area contributed by atoms with Crippen molar-refractivity contribution >= 4 is 17.3 Å². The molecule has 0 amide bonds. The molecule has 0 saturated carbocycles. The summed E-state index contributed by atoms with van der Waals surface area (Å²) in [6.45, 7) is 11.9. The minimum Gasteiger partial charge on any atom is -0.369 e. The van der Waals surface area contributed by atoms with Crippen LogP contribution in [0.4, 0.5) is 5.69 Å². The molecule has 1 aliphatic rings. The molecular formula is C16H26ClN3. The first-order chi connectivity index (χ1) is 9.74. The Morgan fingerprint density at radius 1 is 1.15 bits per heavy atom. The van der Waals surface area contributed by atoms with Crippen LogP contribution in [0.3, 0.4) is 0 Å². The molecule has 1 aromatic carbocycles. The van der Waals surface area contributed by atoms with Crippen molar-refractivity contribution in [1.82, 2.24) is 10.2 Å². The molecule has 2 rings (SSSR count). The van der Waals surface area contributed by atoms with E-state index in [0.29, 0.717) is 0 Å². The van der Waals surface area contributed by atoms with E-state index in [-0.39, 0.29) is 0 Å². The van der Waals surface area contributed by atoms with E-state index in [2.05, 4.69) is 47.2 Å². The third-order valence-corrected chi connectivity index (χ3v) is 4.23. The van der Waals surface area contributed by atoms with Crippen LogP contribution in [0.5, 0.6) is 0 Å².